The third-order valence-corrected chi connectivity index (χ3v) is 9.40. The van der Waals surface area contributed by atoms with Crippen molar-refractivity contribution < 1.29 is 13.2 Å². The Morgan fingerprint density at radius 2 is 1.85 bits per heavy atom. The smallest absolute Gasteiger partial charge is 0.296 e. The lowest BCUT2D eigenvalue weighted by molar-refractivity contribution is -0.136. The molecular weight excluding hydrogens is 517 g/mol. The summed E-state index contributed by atoms with van der Waals surface area (Å²) in [5, 5.41) is 0. The number of likely N-dealkylation sites (N-methyl/N-ethyl adjacent to an activating group) is 1. The molecule has 216 valence electrons. The Labute approximate surface area is 232 Å². The van der Waals surface area contributed by atoms with Crippen molar-refractivity contribution in [2.24, 2.45) is 11.8 Å². The van der Waals surface area contributed by atoms with E-state index >= 15 is 0 Å². The molecule has 2 N–H and O–H groups in total. The molecule has 40 heavy (non-hydrogen) atoms. The maximum Gasteiger partial charge on any atom is 0.418 e. The average Bonchev–Trinajstić information content (AvgIpc) is 3.47. The van der Waals surface area contributed by atoms with Crippen LogP contribution in [0.1, 0.15) is 74.6 Å². The molecule has 0 amide bonds. The van der Waals surface area contributed by atoms with Gasteiger partial charge in [-0.05, 0) is 87.4 Å². The van der Waals surface area contributed by atoms with Crippen LogP contribution >= 0.6 is 0 Å². The summed E-state index contributed by atoms with van der Waals surface area (Å²) in [5.41, 5.74) is 7.40. The van der Waals surface area contributed by atoms with Crippen LogP contribution in [-0.2, 0) is 6.18 Å². The predicted octanol–water partition coefficient (Wildman–Crippen LogP) is 5.11. The fourth-order valence-electron chi connectivity index (χ4n) is 6.88. The first-order valence-corrected chi connectivity index (χ1v) is 14.5. The van der Waals surface area contributed by atoms with Crippen LogP contribution in [0.2, 0.25) is 0 Å². The van der Waals surface area contributed by atoms with Gasteiger partial charge in [-0.25, -0.2) is 15.6 Å². The molecule has 0 bridgehead atoms. The Morgan fingerprint density at radius 3 is 2.50 bits per heavy atom. The average molecular weight is 557 g/mol. The van der Waals surface area contributed by atoms with Gasteiger partial charge in [-0.3, -0.25) is 18.8 Å². The number of imidazole rings is 1. The lowest BCUT2D eigenvalue weighted by Crippen LogP contribution is -2.44. The van der Waals surface area contributed by atoms with Crippen molar-refractivity contribution in [2.75, 3.05) is 26.8 Å². The largest absolute Gasteiger partial charge is 0.418 e. The number of rotatable bonds is 6. The molecule has 4 heterocycles. The molecule has 6 rings (SSSR count). The Morgan fingerprint density at radius 1 is 1.05 bits per heavy atom. The van der Waals surface area contributed by atoms with Gasteiger partial charge in [0.15, 0.2) is 0 Å². The van der Waals surface area contributed by atoms with Gasteiger partial charge >= 0.3 is 11.9 Å². The highest BCUT2D eigenvalue weighted by Crippen LogP contribution is 2.43. The van der Waals surface area contributed by atoms with Crippen molar-refractivity contribution in [3.8, 4) is 5.69 Å². The van der Waals surface area contributed by atoms with Crippen LogP contribution in [0.5, 0.6) is 0 Å². The Bertz CT molecular complexity index is 1430. The van der Waals surface area contributed by atoms with E-state index in [0.717, 1.165) is 51.0 Å². The van der Waals surface area contributed by atoms with Gasteiger partial charge in [0.2, 0.25) is 0 Å². The normalized spacial score (nSPS) is 24.9. The quantitative estimate of drug-likeness (QED) is 0.442. The molecule has 7 nitrogen and oxygen atoms in total. The molecule has 2 aromatic heterocycles. The number of aromatic nitrogens is 2. The molecular formula is C30H39F3N6O. The molecule has 2 aliphatic heterocycles. The second kappa shape index (κ2) is 10.6. The van der Waals surface area contributed by atoms with Gasteiger partial charge in [0.1, 0.15) is 0 Å². The summed E-state index contributed by atoms with van der Waals surface area (Å²) in [6.07, 6.45) is 4.11. The molecule has 0 radical (unpaired) electrons. The number of fused-ring (bicyclic) bond motifs is 1. The zero-order valence-corrected chi connectivity index (χ0v) is 23.4. The highest BCUT2D eigenvalue weighted by Gasteiger charge is 2.39. The van der Waals surface area contributed by atoms with Gasteiger partial charge in [-0.1, -0.05) is 25.5 Å². The molecule has 1 saturated carbocycles. The Hall–Kier alpha value is -2.66. The van der Waals surface area contributed by atoms with Gasteiger partial charge < -0.3 is 0 Å². The van der Waals surface area contributed by atoms with Crippen LogP contribution in [0.3, 0.4) is 0 Å². The molecule has 4 atom stereocenters. The van der Waals surface area contributed by atoms with Crippen molar-refractivity contribution in [3.05, 3.63) is 69.9 Å². The van der Waals surface area contributed by atoms with Crippen molar-refractivity contribution >= 4 is 5.52 Å². The van der Waals surface area contributed by atoms with E-state index in [1.165, 1.54) is 27.7 Å². The van der Waals surface area contributed by atoms with Crippen molar-refractivity contribution in [2.45, 2.75) is 70.3 Å². The minimum Gasteiger partial charge on any atom is -0.296 e. The summed E-state index contributed by atoms with van der Waals surface area (Å²) < 4.78 is 45.7. The van der Waals surface area contributed by atoms with E-state index in [1.54, 1.807) is 12.3 Å². The van der Waals surface area contributed by atoms with Gasteiger partial charge in [0, 0.05) is 30.9 Å². The number of hydrogen-bond acceptors (Lipinski definition) is 5. The first-order valence-electron chi connectivity index (χ1n) is 14.5. The number of nitrogens with one attached hydrogen (secondary N) is 2. The van der Waals surface area contributed by atoms with Gasteiger partial charge in [-0.2, -0.15) is 13.2 Å². The molecule has 1 aliphatic carbocycles. The summed E-state index contributed by atoms with van der Waals surface area (Å²) in [5.74, 6) is 1.21. The van der Waals surface area contributed by atoms with E-state index in [-0.39, 0.29) is 23.6 Å². The highest BCUT2D eigenvalue weighted by atomic mass is 19.4. The third-order valence-electron chi connectivity index (χ3n) is 9.40. The van der Waals surface area contributed by atoms with Crippen LogP contribution in [0.25, 0.3) is 11.2 Å². The Balaban J connectivity index is 1.42. The summed E-state index contributed by atoms with van der Waals surface area (Å²) >= 11 is 0. The monoisotopic (exact) mass is 556 g/mol. The van der Waals surface area contributed by atoms with Crippen molar-refractivity contribution in [1.29, 1.82) is 0 Å². The summed E-state index contributed by atoms with van der Waals surface area (Å²) in [7, 11) is 2.07. The summed E-state index contributed by atoms with van der Waals surface area (Å²) in [4.78, 5) is 18.2. The van der Waals surface area contributed by atoms with E-state index in [1.807, 2.05) is 19.1 Å². The van der Waals surface area contributed by atoms with E-state index in [9.17, 15) is 18.0 Å². The lowest BCUT2D eigenvalue weighted by atomic mass is 9.71. The maximum atomic E-state index is 14.4. The van der Waals surface area contributed by atoms with Crippen LogP contribution in [0.4, 0.5) is 13.2 Å². The van der Waals surface area contributed by atoms with Gasteiger partial charge in [0.05, 0.1) is 29.6 Å². The second-order valence-electron chi connectivity index (χ2n) is 12.1. The zero-order chi connectivity index (χ0) is 28.2. The van der Waals surface area contributed by atoms with E-state index in [4.69, 9.17) is 0 Å². The van der Waals surface area contributed by atoms with Gasteiger partial charge in [0.25, 0.3) is 0 Å². The molecule has 3 aliphatic rings. The SMILES string of the molecule is CC(c1cc(C(F)(F)F)c2cn(-c3cccc([C@H](C4CCC4)C4NNCN4C)c3)c(=O)n2c1)N1CCC[C@H](C)C1. The van der Waals surface area contributed by atoms with Crippen LogP contribution in [0.15, 0.2) is 47.5 Å². The molecule has 1 aromatic carbocycles. The van der Waals surface area contributed by atoms with Crippen molar-refractivity contribution in [3.63, 3.8) is 0 Å². The fourth-order valence-corrected chi connectivity index (χ4v) is 6.88. The minimum absolute atomic E-state index is 0.101. The fraction of sp³-hybridized carbons (Fsp3) is 0.567. The van der Waals surface area contributed by atoms with E-state index < -0.39 is 17.4 Å². The zero-order valence-electron chi connectivity index (χ0n) is 23.4. The molecule has 3 aromatic rings. The third kappa shape index (κ3) is 5.00. The first-order chi connectivity index (χ1) is 19.1. The number of hydrogen-bond donors (Lipinski definition) is 2. The van der Waals surface area contributed by atoms with E-state index in [2.05, 4.69) is 40.7 Å². The lowest BCUT2D eigenvalue weighted by Gasteiger charge is -2.39. The molecule has 2 saturated heterocycles. The van der Waals surface area contributed by atoms with Crippen LogP contribution in [0, 0.1) is 11.8 Å². The number of likely N-dealkylation sites (tertiary alicyclic amines) is 1. The Kier molecular flexibility index (Phi) is 7.31. The molecule has 2 unspecified atom stereocenters. The minimum atomic E-state index is -4.59. The second-order valence-corrected chi connectivity index (χ2v) is 12.1. The van der Waals surface area contributed by atoms with Crippen LogP contribution < -0.4 is 16.5 Å². The number of piperidine rings is 1. The first kappa shape index (κ1) is 27.5. The summed E-state index contributed by atoms with van der Waals surface area (Å²) in [6.45, 7) is 6.53. The number of alkyl halides is 3. The highest BCUT2D eigenvalue weighted by molar-refractivity contribution is 5.58. The number of pyridine rings is 1. The van der Waals surface area contributed by atoms with E-state index in [0.29, 0.717) is 23.1 Å². The van der Waals surface area contributed by atoms with Gasteiger partial charge in [-0.15, -0.1) is 0 Å². The standard InChI is InChI=1S/C30H39F3N6O/c1-19-7-6-12-37(15-19)20(2)23-14-25(30(31,32)33)26-17-38(29(40)39(26)16-23)24-11-5-10-22(13-24)27(21-8-4-9-21)28-35-34-18-36(28)3/h5,10-11,13-14,16-17,19-21,27-28,34-35H,4,6-9,12,15,18H2,1-3H3/t19-,20?,27-,28?/m0/s1. The number of benzene rings is 1. The predicted molar refractivity (Wildman–Crippen MR) is 149 cm³/mol. The topological polar surface area (TPSA) is 57.0 Å². The molecule has 3 fully saturated rings. The van der Waals surface area contributed by atoms with Crippen molar-refractivity contribution in [1.82, 2.24) is 29.6 Å². The molecule has 0 spiro atoms. The number of hydrazine groups is 1. The molecule has 10 heteroatoms. The van der Waals surface area contributed by atoms with Crippen LogP contribution in [-0.4, -0.2) is 51.7 Å². The summed E-state index contributed by atoms with van der Waals surface area (Å²) in [6, 6.07) is 8.77. The maximum absolute atomic E-state index is 14.4. The number of nitrogens with zero attached hydrogens (tertiary/aromatic N) is 4. The number of halogens is 3.